The van der Waals surface area contributed by atoms with Gasteiger partial charge < -0.3 is 10.5 Å². The van der Waals surface area contributed by atoms with E-state index in [2.05, 4.69) is 9.97 Å². The number of rotatable bonds is 7. The van der Waals surface area contributed by atoms with E-state index < -0.39 is 17.7 Å². The monoisotopic (exact) mass is 604 g/mol. The van der Waals surface area contributed by atoms with Crippen molar-refractivity contribution in [3.05, 3.63) is 92.9 Å². The number of anilines is 1. The molecule has 4 heterocycles. The van der Waals surface area contributed by atoms with Crippen LogP contribution in [0.15, 0.2) is 65.0 Å². The molecule has 1 aliphatic rings. The van der Waals surface area contributed by atoms with Gasteiger partial charge in [0.25, 0.3) is 5.56 Å². The summed E-state index contributed by atoms with van der Waals surface area (Å²) in [6.07, 6.45) is 3.69. The average molecular weight is 605 g/mol. The highest BCUT2D eigenvalue weighted by atomic mass is 35.5. The van der Waals surface area contributed by atoms with Gasteiger partial charge in [0, 0.05) is 10.9 Å². The number of benzene rings is 2. The second kappa shape index (κ2) is 10.2. The van der Waals surface area contributed by atoms with Crippen molar-refractivity contribution in [1.82, 2.24) is 24.1 Å². The van der Waals surface area contributed by atoms with Gasteiger partial charge in [0.05, 0.1) is 23.1 Å². The maximum atomic E-state index is 15.1. The van der Waals surface area contributed by atoms with Crippen LogP contribution in [-0.4, -0.2) is 30.3 Å². The largest absolute Gasteiger partial charge is 0.487 e. The first-order valence-electron chi connectivity index (χ1n) is 13.4. The minimum Gasteiger partial charge on any atom is -0.487 e. The van der Waals surface area contributed by atoms with Crippen molar-refractivity contribution in [3.8, 4) is 28.1 Å². The van der Waals surface area contributed by atoms with Crippen LogP contribution in [-0.2, 0) is 0 Å². The molecule has 1 fully saturated rings. The molecule has 0 aliphatic heterocycles. The number of pyridine rings is 1. The molecule has 0 radical (unpaired) electrons. The van der Waals surface area contributed by atoms with Crippen molar-refractivity contribution in [2.24, 2.45) is 0 Å². The fourth-order valence-electron chi connectivity index (χ4n) is 5.30. The van der Waals surface area contributed by atoms with Crippen LogP contribution in [0.5, 0.6) is 5.75 Å². The Morgan fingerprint density at radius 3 is 2.71 bits per heavy atom. The van der Waals surface area contributed by atoms with E-state index in [0.29, 0.717) is 50.2 Å². The lowest BCUT2D eigenvalue weighted by Crippen LogP contribution is -2.21. The van der Waals surface area contributed by atoms with E-state index in [1.54, 1.807) is 34.3 Å². The van der Waals surface area contributed by atoms with Crippen molar-refractivity contribution in [2.75, 3.05) is 5.73 Å². The molecule has 0 bridgehead atoms. The molecule has 0 amide bonds. The second-order valence-electron chi connectivity index (χ2n) is 10.2. The van der Waals surface area contributed by atoms with Gasteiger partial charge >= 0.3 is 0 Å². The quantitative estimate of drug-likeness (QED) is 0.213. The lowest BCUT2D eigenvalue weighted by Gasteiger charge is -2.20. The number of aromatic nitrogens is 5. The van der Waals surface area contributed by atoms with Gasteiger partial charge in [0.1, 0.15) is 33.6 Å². The highest BCUT2D eigenvalue weighted by molar-refractivity contribution is 7.16. The van der Waals surface area contributed by atoms with Gasteiger partial charge in [-0.05, 0) is 66.8 Å². The van der Waals surface area contributed by atoms with Gasteiger partial charge in [-0.3, -0.25) is 9.20 Å². The van der Waals surface area contributed by atoms with Crippen molar-refractivity contribution in [2.45, 2.75) is 38.3 Å². The van der Waals surface area contributed by atoms with Crippen molar-refractivity contribution in [3.63, 3.8) is 0 Å². The Labute approximate surface area is 247 Å². The Morgan fingerprint density at radius 1 is 1.14 bits per heavy atom. The molecule has 1 aliphatic carbocycles. The number of nitrogens with zero attached hydrogens (tertiary/aromatic N) is 5. The number of ether oxygens (including phenoxy) is 1. The predicted octanol–water partition coefficient (Wildman–Crippen LogP) is 6.89. The van der Waals surface area contributed by atoms with Crippen LogP contribution in [0.2, 0.25) is 5.15 Å². The summed E-state index contributed by atoms with van der Waals surface area (Å²) in [6.45, 7) is 1.95. The summed E-state index contributed by atoms with van der Waals surface area (Å²) < 4.78 is 38.3. The zero-order valence-corrected chi connectivity index (χ0v) is 23.8. The van der Waals surface area contributed by atoms with Gasteiger partial charge in [-0.15, -0.1) is 11.3 Å². The summed E-state index contributed by atoms with van der Waals surface area (Å²) in [4.78, 5) is 23.2. The Hall–Kier alpha value is -4.35. The van der Waals surface area contributed by atoms with Gasteiger partial charge in [-0.2, -0.15) is 5.10 Å². The molecular weight excluding hydrogens is 582 g/mol. The molecule has 0 saturated heterocycles. The topological polar surface area (TPSA) is 100 Å². The van der Waals surface area contributed by atoms with Crippen LogP contribution in [0.1, 0.15) is 37.8 Å². The highest BCUT2D eigenvalue weighted by Crippen LogP contribution is 2.39. The Balaban J connectivity index is 1.46. The van der Waals surface area contributed by atoms with E-state index in [1.165, 1.54) is 40.3 Å². The Morgan fingerprint density at radius 2 is 1.98 bits per heavy atom. The van der Waals surface area contributed by atoms with Crippen LogP contribution >= 0.6 is 22.9 Å². The molecule has 7 rings (SSSR count). The summed E-state index contributed by atoms with van der Waals surface area (Å²) >= 11 is 7.70. The molecule has 1 saturated carbocycles. The molecule has 42 heavy (non-hydrogen) atoms. The lowest BCUT2D eigenvalue weighted by molar-refractivity contribution is 0.287. The number of nitrogen functional groups attached to an aromatic ring is 1. The fraction of sp³-hybridized carbons (Fsp3) is 0.200. The normalized spacial score (nSPS) is 14.1. The number of hydrogen-bond donors (Lipinski definition) is 1. The second-order valence-corrected chi connectivity index (χ2v) is 11.4. The highest BCUT2D eigenvalue weighted by Gasteiger charge is 2.28. The maximum absolute atomic E-state index is 15.1. The van der Waals surface area contributed by atoms with Crippen LogP contribution < -0.4 is 16.0 Å². The molecule has 8 nitrogen and oxygen atoms in total. The molecule has 0 spiro atoms. The molecule has 2 aromatic carbocycles. The van der Waals surface area contributed by atoms with Crippen molar-refractivity contribution >= 4 is 44.6 Å². The fourth-order valence-corrected chi connectivity index (χ4v) is 6.46. The standard InChI is InChI=1S/C30H23ClF2N6O2S/c1-2-21(19-12-24-38(23(31)13-42-24)30(40)25(19)15-4-3-5-17(32)10-15)39-29-26(28(34)35-14-36-29)27(37-39)16-6-9-22(20(33)11-16)41-18-7-8-18/h3-6,9-14,18,21H,2,7-8H2,1H3,(H2,34,35,36). The Kier molecular flexibility index (Phi) is 6.43. The van der Waals surface area contributed by atoms with Gasteiger partial charge in [-0.1, -0.05) is 30.7 Å². The van der Waals surface area contributed by atoms with E-state index in [4.69, 9.17) is 27.2 Å². The maximum Gasteiger partial charge on any atom is 0.265 e. The summed E-state index contributed by atoms with van der Waals surface area (Å²) in [5.41, 5.74) is 8.55. The van der Waals surface area contributed by atoms with E-state index in [9.17, 15) is 9.18 Å². The third kappa shape index (κ3) is 4.40. The average Bonchev–Trinajstić information content (AvgIpc) is 3.59. The summed E-state index contributed by atoms with van der Waals surface area (Å²) in [7, 11) is 0. The minimum atomic E-state index is -0.533. The van der Waals surface area contributed by atoms with E-state index in [0.717, 1.165) is 12.8 Å². The number of nitrogens with two attached hydrogens (primary N) is 1. The summed E-state index contributed by atoms with van der Waals surface area (Å²) in [5.74, 6) is -0.619. The first-order valence-corrected chi connectivity index (χ1v) is 14.6. The lowest BCUT2D eigenvalue weighted by atomic mass is 9.95. The van der Waals surface area contributed by atoms with Crippen LogP contribution in [0.25, 0.3) is 38.2 Å². The minimum absolute atomic E-state index is 0.0478. The molecule has 12 heteroatoms. The summed E-state index contributed by atoms with van der Waals surface area (Å²) in [5, 5.41) is 7.30. The number of thiazole rings is 1. The van der Waals surface area contributed by atoms with Gasteiger partial charge in [-0.25, -0.2) is 23.4 Å². The van der Waals surface area contributed by atoms with E-state index in [1.807, 2.05) is 13.0 Å². The first-order chi connectivity index (χ1) is 20.3. The summed E-state index contributed by atoms with van der Waals surface area (Å²) in [6, 6.07) is 11.9. The number of halogens is 3. The van der Waals surface area contributed by atoms with Crippen LogP contribution in [0.3, 0.4) is 0 Å². The van der Waals surface area contributed by atoms with E-state index in [-0.39, 0.29) is 28.4 Å². The third-order valence-electron chi connectivity index (χ3n) is 7.39. The third-order valence-corrected chi connectivity index (χ3v) is 8.68. The molecule has 1 unspecified atom stereocenters. The predicted molar refractivity (Wildman–Crippen MR) is 159 cm³/mol. The smallest absolute Gasteiger partial charge is 0.265 e. The van der Waals surface area contributed by atoms with Crippen molar-refractivity contribution in [1.29, 1.82) is 0 Å². The molecule has 6 aromatic rings. The molecule has 1 atom stereocenters. The molecule has 4 aromatic heterocycles. The van der Waals surface area contributed by atoms with Crippen molar-refractivity contribution < 1.29 is 13.5 Å². The molecule has 212 valence electrons. The molecule has 2 N–H and O–H groups in total. The number of fused-ring (bicyclic) bond motifs is 2. The Bertz CT molecular complexity index is 2070. The van der Waals surface area contributed by atoms with E-state index >= 15 is 4.39 Å². The zero-order chi connectivity index (χ0) is 29.1. The SMILES string of the molecule is CCC(c1cc2scc(Cl)n2c(=O)c1-c1cccc(F)c1)n1nc(-c2ccc(OC3CC3)c(F)c2)c2c(N)ncnc21. The first kappa shape index (κ1) is 26.5. The van der Waals surface area contributed by atoms with Gasteiger partial charge in [0.15, 0.2) is 17.2 Å². The molecular formula is C30H23ClF2N6O2S. The van der Waals surface area contributed by atoms with Crippen LogP contribution in [0, 0.1) is 11.6 Å². The van der Waals surface area contributed by atoms with Gasteiger partial charge in [0.2, 0.25) is 0 Å². The van der Waals surface area contributed by atoms with Crippen LogP contribution in [0.4, 0.5) is 14.6 Å². The number of hydrogen-bond acceptors (Lipinski definition) is 7. The zero-order valence-electron chi connectivity index (χ0n) is 22.2.